The quantitative estimate of drug-likeness (QED) is 0.837. The van der Waals surface area contributed by atoms with Crippen LogP contribution in [0.25, 0.3) is 10.9 Å². The summed E-state index contributed by atoms with van der Waals surface area (Å²) in [5, 5.41) is 6.82. The number of aryl methyl sites for hydroxylation is 1. The van der Waals surface area contributed by atoms with Crippen LogP contribution in [-0.2, 0) is 7.05 Å². The molecule has 0 saturated heterocycles. The average Bonchev–Trinajstić information content (AvgIpc) is 2.53. The maximum atomic E-state index is 12.1. The molecule has 0 saturated carbocycles. The van der Waals surface area contributed by atoms with Gasteiger partial charge in [-0.1, -0.05) is 17.7 Å². The Hall–Kier alpha value is -2.56. The van der Waals surface area contributed by atoms with Crippen molar-refractivity contribution in [1.82, 2.24) is 9.88 Å². The molecule has 5 heteroatoms. The molecule has 2 aromatic rings. The molecule has 5 nitrogen and oxygen atoms in total. The Labute approximate surface area is 135 Å². The van der Waals surface area contributed by atoms with E-state index in [4.69, 9.17) is 0 Å². The van der Waals surface area contributed by atoms with Crippen molar-refractivity contribution in [2.45, 2.75) is 32.2 Å². The zero-order chi connectivity index (χ0) is 16.4. The first-order valence-electron chi connectivity index (χ1n) is 7.86. The molecule has 0 spiro atoms. The number of fused-ring (bicyclic) bond motifs is 1. The minimum absolute atomic E-state index is 0.0662. The Morgan fingerprint density at radius 1 is 1.26 bits per heavy atom. The third-order valence-electron chi connectivity index (χ3n) is 4.36. The lowest BCUT2D eigenvalue weighted by Gasteiger charge is -2.22. The Morgan fingerprint density at radius 2 is 2.04 bits per heavy atom. The molecule has 1 aromatic heterocycles. The van der Waals surface area contributed by atoms with Gasteiger partial charge in [-0.2, -0.15) is 0 Å². The second-order valence-electron chi connectivity index (χ2n) is 6.12. The van der Waals surface area contributed by atoms with Crippen molar-refractivity contribution in [3.63, 3.8) is 0 Å². The zero-order valence-electron chi connectivity index (χ0n) is 13.4. The van der Waals surface area contributed by atoms with Crippen molar-refractivity contribution in [2.75, 3.05) is 5.32 Å². The highest BCUT2D eigenvalue weighted by Crippen LogP contribution is 2.19. The number of anilines is 1. The van der Waals surface area contributed by atoms with E-state index in [1.165, 1.54) is 5.57 Å². The van der Waals surface area contributed by atoms with Gasteiger partial charge in [-0.3, -0.25) is 4.79 Å². The van der Waals surface area contributed by atoms with Gasteiger partial charge in [0.25, 0.3) is 5.56 Å². The van der Waals surface area contributed by atoms with E-state index in [1.54, 1.807) is 23.7 Å². The van der Waals surface area contributed by atoms with E-state index in [0.717, 1.165) is 30.2 Å². The highest BCUT2D eigenvalue weighted by molar-refractivity contribution is 5.92. The first-order valence-corrected chi connectivity index (χ1v) is 7.86. The maximum Gasteiger partial charge on any atom is 0.319 e. The van der Waals surface area contributed by atoms with E-state index in [0.29, 0.717) is 5.69 Å². The number of pyridine rings is 1. The van der Waals surface area contributed by atoms with E-state index in [-0.39, 0.29) is 17.6 Å². The molecule has 2 N–H and O–H groups in total. The summed E-state index contributed by atoms with van der Waals surface area (Å²) in [7, 11) is 1.73. The number of rotatable bonds is 2. The maximum absolute atomic E-state index is 12.1. The molecule has 0 fully saturated rings. The fraction of sp³-hybridized carbons (Fsp3) is 0.333. The molecule has 1 aromatic carbocycles. The van der Waals surface area contributed by atoms with Crippen LogP contribution in [0, 0.1) is 0 Å². The van der Waals surface area contributed by atoms with Crippen LogP contribution in [0.5, 0.6) is 0 Å². The molecule has 120 valence electrons. The Bertz CT molecular complexity index is 836. The van der Waals surface area contributed by atoms with Crippen LogP contribution in [0.4, 0.5) is 10.5 Å². The average molecular weight is 311 g/mol. The van der Waals surface area contributed by atoms with Gasteiger partial charge in [0, 0.05) is 24.8 Å². The van der Waals surface area contributed by atoms with Gasteiger partial charge in [-0.05, 0) is 49.8 Å². The summed E-state index contributed by atoms with van der Waals surface area (Å²) < 4.78 is 1.58. The minimum atomic E-state index is -0.205. The Morgan fingerprint density at radius 3 is 2.78 bits per heavy atom. The summed E-state index contributed by atoms with van der Waals surface area (Å²) in [6, 6.07) is 8.88. The highest BCUT2D eigenvalue weighted by Gasteiger charge is 2.15. The van der Waals surface area contributed by atoms with Crippen molar-refractivity contribution >= 4 is 22.6 Å². The summed E-state index contributed by atoms with van der Waals surface area (Å²) in [6.07, 6.45) is 5.07. The van der Waals surface area contributed by atoms with Crippen LogP contribution in [0.15, 0.2) is 46.8 Å². The Kier molecular flexibility index (Phi) is 4.19. The van der Waals surface area contributed by atoms with E-state index < -0.39 is 0 Å². The molecule has 2 amide bonds. The predicted octanol–water partition coefficient (Wildman–Crippen LogP) is 3.16. The van der Waals surface area contributed by atoms with E-state index in [1.807, 2.05) is 18.2 Å². The fourth-order valence-corrected chi connectivity index (χ4v) is 2.89. The van der Waals surface area contributed by atoms with Gasteiger partial charge in [0.1, 0.15) is 0 Å². The van der Waals surface area contributed by atoms with E-state index >= 15 is 0 Å². The molecule has 0 radical (unpaired) electrons. The summed E-state index contributed by atoms with van der Waals surface area (Å²) in [5.74, 6) is 0. The van der Waals surface area contributed by atoms with Crippen molar-refractivity contribution < 1.29 is 4.79 Å². The number of hydrogen-bond donors (Lipinski definition) is 2. The predicted molar refractivity (Wildman–Crippen MR) is 92.7 cm³/mol. The number of amides is 2. The largest absolute Gasteiger partial charge is 0.335 e. The van der Waals surface area contributed by atoms with Crippen LogP contribution in [-0.4, -0.2) is 16.6 Å². The normalized spacial score (nSPS) is 17.7. The van der Waals surface area contributed by atoms with E-state index in [2.05, 4.69) is 23.6 Å². The van der Waals surface area contributed by atoms with Gasteiger partial charge in [0.15, 0.2) is 0 Å². The number of benzene rings is 1. The molecule has 0 bridgehead atoms. The number of nitrogens with zero attached hydrogens (tertiary/aromatic N) is 1. The topological polar surface area (TPSA) is 63.1 Å². The van der Waals surface area contributed by atoms with Gasteiger partial charge in [-0.15, -0.1) is 0 Å². The van der Waals surface area contributed by atoms with Gasteiger partial charge < -0.3 is 15.2 Å². The number of hydrogen-bond acceptors (Lipinski definition) is 2. The highest BCUT2D eigenvalue weighted by atomic mass is 16.2. The zero-order valence-corrected chi connectivity index (χ0v) is 13.4. The standard InChI is InChI=1S/C18H21N3O2/c1-12-3-7-14(8-4-12)19-18(23)20-15-9-5-13-6-10-17(22)21(2)16(13)11-15/h3,5-6,9-11,14H,4,7-8H2,1-2H3,(H2,19,20,23). The van der Waals surface area contributed by atoms with Gasteiger partial charge in [0.2, 0.25) is 0 Å². The number of allylic oxidation sites excluding steroid dienone is 1. The molecule has 1 heterocycles. The van der Waals surface area contributed by atoms with Gasteiger partial charge >= 0.3 is 6.03 Å². The molecule has 3 rings (SSSR count). The summed E-state index contributed by atoms with van der Waals surface area (Å²) in [5.41, 5.74) is 2.80. The number of carbonyl (C=O) groups excluding carboxylic acids is 1. The van der Waals surface area contributed by atoms with Crippen LogP contribution in [0.3, 0.4) is 0 Å². The van der Waals surface area contributed by atoms with Crippen molar-refractivity contribution in [1.29, 1.82) is 0 Å². The number of carbonyl (C=O) groups is 1. The monoisotopic (exact) mass is 311 g/mol. The lowest BCUT2D eigenvalue weighted by Crippen LogP contribution is -2.38. The molecule has 0 aliphatic heterocycles. The van der Waals surface area contributed by atoms with Gasteiger partial charge in [-0.25, -0.2) is 4.79 Å². The third kappa shape index (κ3) is 3.44. The van der Waals surface area contributed by atoms with Crippen LogP contribution in [0.1, 0.15) is 26.2 Å². The third-order valence-corrected chi connectivity index (χ3v) is 4.36. The van der Waals surface area contributed by atoms with Crippen molar-refractivity contribution in [3.05, 3.63) is 52.3 Å². The summed E-state index contributed by atoms with van der Waals surface area (Å²) >= 11 is 0. The van der Waals surface area contributed by atoms with Crippen molar-refractivity contribution in [2.24, 2.45) is 7.05 Å². The molecular weight excluding hydrogens is 290 g/mol. The number of aromatic nitrogens is 1. The van der Waals surface area contributed by atoms with E-state index in [9.17, 15) is 9.59 Å². The molecule has 1 unspecified atom stereocenters. The lowest BCUT2D eigenvalue weighted by molar-refractivity contribution is 0.247. The second kappa shape index (κ2) is 6.28. The van der Waals surface area contributed by atoms with Gasteiger partial charge in [0.05, 0.1) is 5.52 Å². The molecule has 1 aliphatic rings. The number of nitrogens with one attached hydrogen (secondary N) is 2. The lowest BCUT2D eigenvalue weighted by atomic mass is 9.96. The molecule has 23 heavy (non-hydrogen) atoms. The van der Waals surface area contributed by atoms with Crippen LogP contribution in [0.2, 0.25) is 0 Å². The first kappa shape index (κ1) is 15.3. The first-order chi connectivity index (χ1) is 11.0. The van der Waals surface area contributed by atoms with Crippen molar-refractivity contribution in [3.8, 4) is 0 Å². The molecular formula is C18H21N3O2. The molecule has 1 atom stereocenters. The van der Waals surface area contributed by atoms with Crippen LogP contribution >= 0.6 is 0 Å². The number of urea groups is 1. The molecule has 1 aliphatic carbocycles. The smallest absolute Gasteiger partial charge is 0.319 e. The second-order valence-corrected chi connectivity index (χ2v) is 6.12. The summed E-state index contributed by atoms with van der Waals surface area (Å²) in [4.78, 5) is 23.9. The Balaban J connectivity index is 1.72. The van der Waals surface area contributed by atoms with Crippen LogP contribution < -0.4 is 16.2 Å². The fourth-order valence-electron chi connectivity index (χ4n) is 2.89. The summed E-state index contributed by atoms with van der Waals surface area (Å²) in [6.45, 7) is 2.12. The SMILES string of the molecule is CC1=CCC(NC(=O)Nc2ccc3ccc(=O)n(C)c3c2)CC1. The minimum Gasteiger partial charge on any atom is -0.335 e.